The first-order valence-electron chi connectivity index (χ1n) is 6.12. The van der Waals surface area contributed by atoms with E-state index in [0.29, 0.717) is 6.04 Å². The average Bonchev–Trinajstić information content (AvgIpc) is 2.90. The van der Waals surface area contributed by atoms with Gasteiger partial charge in [-0.2, -0.15) is 5.10 Å². The average molecular weight is 245 g/mol. The molecule has 0 fully saturated rings. The molecule has 0 aliphatic heterocycles. The minimum Gasteiger partial charge on any atom is -0.497 e. The van der Waals surface area contributed by atoms with Gasteiger partial charge >= 0.3 is 0 Å². The molecule has 0 saturated heterocycles. The summed E-state index contributed by atoms with van der Waals surface area (Å²) < 4.78 is 5.14. The number of benzene rings is 1. The van der Waals surface area contributed by atoms with E-state index in [9.17, 15) is 0 Å². The molecule has 1 heterocycles. The van der Waals surface area contributed by atoms with Gasteiger partial charge in [-0.05, 0) is 37.1 Å². The van der Waals surface area contributed by atoms with Crippen LogP contribution in [0.2, 0.25) is 0 Å². The number of nitrogens with one attached hydrogen (secondary N) is 2. The predicted molar refractivity (Wildman–Crippen MR) is 71.6 cm³/mol. The zero-order valence-corrected chi connectivity index (χ0v) is 10.8. The van der Waals surface area contributed by atoms with Crippen LogP contribution in [0.3, 0.4) is 0 Å². The van der Waals surface area contributed by atoms with Crippen molar-refractivity contribution in [2.75, 3.05) is 7.11 Å². The fourth-order valence-electron chi connectivity index (χ4n) is 1.85. The van der Waals surface area contributed by atoms with Crippen LogP contribution in [0.1, 0.15) is 18.2 Å². The molecule has 2 aromatic rings. The van der Waals surface area contributed by atoms with Crippen LogP contribution < -0.4 is 10.1 Å². The van der Waals surface area contributed by atoms with Gasteiger partial charge in [0.2, 0.25) is 0 Å². The molecule has 0 amide bonds. The second kappa shape index (κ2) is 6.21. The Morgan fingerprint density at radius 3 is 2.67 bits per heavy atom. The Morgan fingerprint density at radius 1 is 1.28 bits per heavy atom. The highest BCUT2D eigenvalue weighted by Gasteiger charge is 2.04. The van der Waals surface area contributed by atoms with E-state index in [4.69, 9.17) is 4.74 Å². The lowest BCUT2D eigenvalue weighted by molar-refractivity contribution is 0.414. The van der Waals surface area contributed by atoms with Crippen molar-refractivity contribution in [3.63, 3.8) is 0 Å². The molecule has 4 heteroatoms. The van der Waals surface area contributed by atoms with Gasteiger partial charge in [0, 0.05) is 24.5 Å². The normalized spacial score (nSPS) is 12.3. The summed E-state index contributed by atoms with van der Waals surface area (Å²) in [5, 5.41) is 10.3. The maximum atomic E-state index is 5.14. The van der Waals surface area contributed by atoms with Crippen LogP contribution in [0.4, 0.5) is 0 Å². The predicted octanol–water partition coefficient (Wildman–Crippen LogP) is 2.14. The molecule has 2 N–H and O–H groups in total. The van der Waals surface area contributed by atoms with Gasteiger partial charge in [0.25, 0.3) is 0 Å². The molecule has 0 spiro atoms. The molecule has 1 atom stereocenters. The van der Waals surface area contributed by atoms with E-state index in [2.05, 4.69) is 34.6 Å². The number of aromatic nitrogens is 2. The van der Waals surface area contributed by atoms with Crippen molar-refractivity contribution in [3.05, 3.63) is 47.8 Å². The van der Waals surface area contributed by atoms with Crippen molar-refractivity contribution in [1.82, 2.24) is 15.5 Å². The first kappa shape index (κ1) is 12.6. The largest absolute Gasteiger partial charge is 0.497 e. The van der Waals surface area contributed by atoms with Crippen molar-refractivity contribution in [2.24, 2.45) is 0 Å². The molecular formula is C14H19N3O. The molecule has 96 valence electrons. The number of ether oxygens (including phenoxy) is 1. The fourth-order valence-corrected chi connectivity index (χ4v) is 1.85. The van der Waals surface area contributed by atoms with Crippen LogP contribution >= 0.6 is 0 Å². The lowest BCUT2D eigenvalue weighted by atomic mass is 10.1. The Balaban J connectivity index is 1.80. The highest BCUT2D eigenvalue weighted by atomic mass is 16.5. The summed E-state index contributed by atoms with van der Waals surface area (Å²) in [6, 6.07) is 10.6. The van der Waals surface area contributed by atoms with E-state index in [-0.39, 0.29) is 0 Å². The summed E-state index contributed by atoms with van der Waals surface area (Å²) in [7, 11) is 1.68. The number of rotatable bonds is 6. The molecule has 18 heavy (non-hydrogen) atoms. The molecule has 0 saturated carbocycles. The standard InChI is InChI=1S/C14H19N3O/c1-11(15-10-13-7-8-16-17-13)9-12-3-5-14(18-2)6-4-12/h3-8,11,15H,9-10H2,1-2H3,(H,16,17). The SMILES string of the molecule is COc1ccc(CC(C)NCc2ccn[nH]2)cc1. The molecular weight excluding hydrogens is 226 g/mol. The Labute approximate surface area is 107 Å². The van der Waals surface area contributed by atoms with Crippen molar-refractivity contribution in [1.29, 1.82) is 0 Å². The summed E-state index contributed by atoms with van der Waals surface area (Å²) in [6.45, 7) is 3.00. The summed E-state index contributed by atoms with van der Waals surface area (Å²) in [4.78, 5) is 0. The number of hydrogen-bond acceptors (Lipinski definition) is 3. The van der Waals surface area contributed by atoms with E-state index in [1.165, 1.54) is 5.56 Å². The summed E-state index contributed by atoms with van der Waals surface area (Å²) >= 11 is 0. The summed E-state index contributed by atoms with van der Waals surface area (Å²) in [5.74, 6) is 0.900. The van der Waals surface area contributed by atoms with E-state index < -0.39 is 0 Å². The van der Waals surface area contributed by atoms with Gasteiger partial charge in [-0.1, -0.05) is 12.1 Å². The lowest BCUT2D eigenvalue weighted by Gasteiger charge is -2.13. The minimum atomic E-state index is 0.418. The second-order valence-corrected chi connectivity index (χ2v) is 4.42. The molecule has 2 rings (SSSR count). The maximum Gasteiger partial charge on any atom is 0.118 e. The quantitative estimate of drug-likeness (QED) is 0.819. The third-order valence-corrected chi connectivity index (χ3v) is 2.90. The van der Waals surface area contributed by atoms with Gasteiger partial charge < -0.3 is 10.1 Å². The van der Waals surface area contributed by atoms with Crippen LogP contribution in [0.25, 0.3) is 0 Å². The Morgan fingerprint density at radius 2 is 2.06 bits per heavy atom. The van der Waals surface area contributed by atoms with Crippen LogP contribution in [-0.2, 0) is 13.0 Å². The van der Waals surface area contributed by atoms with Crippen molar-refractivity contribution in [2.45, 2.75) is 25.9 Å². The molecule has 1 aromatic carbocycles. The molecule has 1 unspecified atom stereocenters. The van der Waals surface area contributed by atoms with Gasteiger partial charge in [0.15, 0.2) is 0 Å². The van der Waals surface area contributed by atoms with Crippen molar-refractivity contribution < 1.29 is 4.74 Å². The smallest absolute Gasteiger partial charge is 0.118 e. The van der Waals surface area contributed by atoms with Crippen molar-refractivity contribution >= 4 is 0 Å². The molecule has 0 bridgehead atoms. The summed E-state index contributed by atoms with van der Waals surface area (Å²) in [6.07, 6.45) is 2.77. The second-order valence-electron chi connectivity index (χ2n) is 4.42. The number of H-pyrrole nitrogens is 1. The van der Waals surface area contributed by atoms with E-state index in [0.717, 1.165) is 24.4 Å². The van der Waals surface area contributed by atoms with Gasteiger partial charge in [0.05, 0.1) is 7.11 Å². The van der Waals surface area contributed by atoms with Gasteiger partial charge in [-0.15, -0.1) is 0 Å². The number of methoxy groups -OCH3 is 1. The topological polar surface area (TPSA) is 49.9 Å². The summed E-state index contributed by atoms with van der Waals surface area (Å²) in [5.41, 5.74) is 2.41. The molecule has 4 nitrogen and oxygen atoms in total. The van der Waals surface area contributed by atoms with Crippen LogP contribution in [0, 0.1) is 0 Å². The zero-order valence-electron chi connectivity index (χ0n) is 10.8. The first-order chi connectivity index (χ1) is 8.78. The monoisotopic (exact) mass is 245 g/mol. The van der Waals surface area contributed by atoms with Crippen LogP contribution in [-0.4, -0.2) is 23.3 Å². The zero-order chi connectivity index (χ0) is 12.8. The van der Waals surface area contributed by atoms with Gasteiger partial charge in [0.1, 0.15) is 5.75 Å². The molecule has 0 aliphatic rings. The third-order valence-electron chi connectivity index (χ3n) is 2.90. The van der Waals surface area contributed by atoms with Crippen molar-refractivity contribution in [3.8, 4) is 5.75 Å². The van der Waals surface area contributed by atoms with Gasteiger partial charge in [-0.3, -0.25) is 5.10 Å². The number of hydrogen-bond donors (Lipinski definition) is 2. The highest BCUT2D eigenvalue weighted by Crippen LogP contribution is 2.12. The minimum absolute atomic E-state index is 0.418. The van der Waals surface area contributed by atoms with E-state index in [1.54, 1.807) is 13.3 Å². The van der Waals surface area contributed by atoms with E-state index in [1.807, 2.05) is 18.2 Å². The Kier molecular flexibility index (Phi) is 4.36. The Bertz CT molecular complexity index is 450. The molecule has 1 aromatic heterocycles. The maximum absolute atomic E-state index is 5.14. The van der Waals surface area contributed by atoms with Crippen LogP contribution in [0.15, 0.2) is 36.5 Å². The molecule has 0 radical (unpaired) electrons. The number of nitrogens with zero attached hydrogens (tertiary/aromatic N) is 1. The van der Waals surface area contributed by atoms with Crippen LogP contribution in [0.5, 0.6) is 5.75 Å². The van der Waals surface area contributed by atoms with Gasteiger partial charge in [-0.25, -0.2) is 0 Å². The highest BCUT2D eigenvalue weighted by molar-refractivity contribution is 5.27. The first-order valence-corrected chi connectivity index (χ1v) is 6.12. The third kappa shape index (κ3) is 3.60. The number of aromatic amines is 1. The molecule has 0 aliphatic carbocycles. The lowest BCUT2D eigenvalue weighted by Crippen LogP contribution is -2.27. The van der Waals surface area contributed by atoms with E-state index >= 15 is 0 Å². The Hall–Kier alpha value is -1.81. The fraction of sp³-hybridized carbons (Fsp3) is 0.357.